The Hall–Kier alpha value is -2.90. The van der Waals surface area contributed by atoms with E-state index in [1.807, 2.05) is 0 Å². The number of carbonyl (C=O) groups is 3. The van der Waals surface area contributed by atoms with Gasteiger partial charge in [-0.25, -0.2) is 9.18 Å². The first-order valence-corrected chi connectivity index (χ1v) is 9.91. The zero-order chi connectivity index (χ0) is 21.1. The topological polar surface area (TPSA) is 87.7 Å². The number of piperidine rings is 1. The highest BCUT2D eigenvalue weighted by molar-refractivity contribution is 5.91. The van der Waals surface area contributed by atoms with Crippen molar-refractivity contribution in [2.24, 2.45) is 0 Å². The average molecular weight is 405 g/mol. The van der Waals surface area contributed by atoms with Gasteiger partial charge in [-0.2, -0.15) is 0 Å². The van der Waals surface area contributed by atoms with Crippen LogP contribution in [0.3, 0.4) is 0 Å². The van der Waals surface area contributed by atoms with Crippen molar-refractivity contribution in [3.8, 4) is 0 Å². The quantitative estimate of drug-likeness (QED) is 0.514. The molecule has 2 N–H and O–H groups in total. The Morgan fingerprint density at radius 1 is 1.24 bits per heavy atom. The number of amides is 3. The molecule has 158 valence electrons. The van der Waals surface area contributed by atoms with Crippen molar-refractivity contribution >= 4 is 24.0 Å². The van der Waals surface area contributed by atoms with E-state index in [4.69, 9.17) is 4.74 Å². The van der Waals surface area contributed by atoms with Crippen molar-refractivity contribution < 1.29 is 23.5 Å². The number of nitrogens with one attached hydrogen (secondary N) is 2. The number of halogens is 1. The first-order valence-electron chi connectivity index (χ1n) is 9.91. The normalized spacial score (nSPS) is 14.6. The molecule has 1 fully saturated rings. The summed E-state index contributed by atoms with van der Waals surface area (Å²) in [5.41, 5.74) is 0.344. The molecule has 1 aliphatic heterocycles. The minimum atomic E-state index is -0.388. The monoisotopic (exact) mass is 405 g/mol. The third-order valence-corrected chi connectivity index (χ3v) is 4.59. The van der Waals surface area contributed by atoms with E-state index in [0.717, 1.165) is 0 Å². The van der Waals surface area contributed by atoms with Gasteiger partial charge in [0.05, 0.1) is 6.61 Å². The number of likely N-dealkylation sites (tertiary alicyclic amines) is 1. The first kappa shape index (κ1) is 22.4. The number of rotatable bonds is 8. The van der Waals surface area contributed by atoms with Gasteiger partial charge in [0.2, 0.25) is 11.8 Å². The summed E-state index contributed by atoms with van der Waals surface area (Å²) < 4.78 is 18.4. The van der Waals surface area contributed by atoms with Gasteiger partial charge in [0.15, 0.2) is 0 Å². The van der Waals surface area contributed by atoms with Crippen LogP contribution in [0.25, 0.3) is 6.08 Å². The van der Waals surface area contributed by atoms with Gasteiger partial charge < -0.3 is 20.3 Å². The van der Waals surface area contributed by atoms with Crippen LogP contribution in [-0.2, 0) is 14.3 Å². The van der Waals surface area contributed by atoms with Gasteiger partial charge in [-0.05, 0) is 38.3 Å². The van der Waals surface area contributed by atoms with Crippen LogP contribution >= 0.6 is 0 Å². The Morgan fingerprint density at radius 2 is 1.97 bits per heavy atom. The van der Waals surface area contributed by atoms with Crippen LogP contribution in [0.4, 0.5) is 9.18 Å². The Morgan fingerprint density at radius 3 is 2.66 bits per heavy atom. The molecular formula is C21H28FN3O4. The lowest BCUT2D eigenvalue weighted by molar-refractivity contribution is -0.122. The highest BCUT2D eigenvalue weighted by Gasteiger charge is 2.24. The summed E-state index contributed by atoms with van der Waals surface area (Å²) in [7, 11) is 0. The minimum Gasteiger partial charge on any atom is -0.450 e. The SMILES string of the molecule is CCOC(=O)N1CCC(NC(=O)CCCNC(=O)/C=C/c2ccccc2F)CC1. The smallest absolute Gasteiger partial charge is 0.409 e. The van der Waals surface area contributed by atoms with Gasteiger partial charge in [-0.1, -0.05) is 18.2 Å². The molecule has 0 aromatic heterocycles. The molecule has 0 spiro atoms. The molecule has 0 unspecified atom stereocenters. The van der Waals surface area contributed by atoms with E-state index in [2.05, 4.69) is 10.6 Å². The highest BCUT2D eigenvalue weighted by Crippen LogP contribution is 2.12. The number of hydrogen-bond donors (Lipinski definition) is 2. The number of nitrogens with zero attached hydrogens (tertiary/aromatic N) is 1. The molecule has 1 aliphatic rings. The lowest BCUT2D eigenvalue weighted by Crippen LogP contribution is -2.46. The van der Waals surface area contributed by atoms with Gasteiger partial charge in [0.25, 0.3) is 0 Å². The minimum absolute atomic E-state index is 0.0477. The Balaban J connectivity index is 1.59. The van der Waals surface area contributed by atoms with E-state index in [9.17, 15) is 18.8 Å². The molecule has 0 radical (unpaired) electrons. The second-order valence-corrected chi connectivity index (χ2v) is 6.78. The molecule has 7 nitrogen and oxygen atoms in total. The fourth-order valence-electron chi connectivity index (χ4n) is 3.02. The molecular weight excluding hydrogens is 377 g/mol. The van der Waals surface area contributed by atoms with Crippen LogP contribution in [0, 0.1) is 5.82 Å². The maximum Gasteiger partial charge on any atom is 0.409 e. The van der Waals surface area contributed by atoms with Crippen LogP contribution in [0.2, 0.25) is 0 Å². The van der Waals surface area contributed by atoms with Gasteiger partial charge in [0, 0.05) is 43.7 Å². The van der Waals surface area contributed by atoms with Crippen molar-refractivity contribution in [2.45, 2.75) is 38.6 Å². The molecule has 0 saturated carbocycles. The van der Waals surface area contributed by atoms with Gasteiger partial charge in [0.1, 0.15) is 5.82 Å². The zero-order valence-corrected chi connectivity index (χ0v) is 16.7. The predicted octanol–water partition coefficient (Wildman–Crippen LogP) is 2.47. The summed E-state index contributed by atoms with van der Waals surface area (Å²) in [4.78, 5) is 37.1. The lowest BCUT2D eigenvalue weighted by atomic mass is 10.1. The first-order chi connectivity index (χ1) is 14.0. The van der Waals surface area contributed by atoms with Gasteiger partial charge in [-0.15, -0.1) is 0 Å². The summed E-state index contributed by atoms with van der Waals surface area (Å²) in [5, 5.41) is 5.64. The molecule has 0 bridgehead atoms. The lowest BCUT2D eigenvalue weighted by Gasteiger charge is -2.31. The van der Waals surface area contributed by atoms with E-state index in [1.54, 1.807) is 30.0 Å². The molecule has 1 heterocycles. The molecule has 1 saturated heterocycles. The zero-order valence-electron chi connectivity index (χ0n) is 16.7. The van der Waals surface area contributed by atoms with Crippen LogP contribution < -0.4 is 10.6 Å². The van der Waals surface area contributed by atoms with Crippen molar-refractivity contribution in [3.05, 3.63) is 41.7 Å². The molecule has 29 heavy (non-hydrogen) atoms. The molecule has 0 atom stereocenters. The van der Waals surface area contributed by atoms with Gasteiger partial charge in [-0.3, -0.25) is 9.59 Å². The number of hydrogen-bond acceptors (Lipinski definition) is 4. The molecule has 3 amide bonds. The van der Waals surface area contributed by atoms with Gasteiger partial charge >= 0.3 is 6.09 Å². The maximum absolute atomic E-state index is 13.5. The maximum atomic E-state index is 13.5. The number of benzene rings is 1. The Bertz CT molecular complexity index is 730. The Labute approximate surface area is 170 Å². The predicted molar refractivity (Wildman–Crippen MR) is 107 cm³/mol. The second-order valence-electron chi connectivity index (χ2n) is 6.78. The van der Waals surface area contributed by atoms with Crippen LogP contribution in [-0.4, -0.2) is 55.1 Å². The van der Waals surface area contributed by atoms with Crippen molar-refractivity contribution in [1.82, 2.24) is 15.5 Å². The Kier molecular flexibility index (Phi) is 9.14. The van der Waals surface area contributed by atoms with E-state index < -0.39 is 0 Å². The third-order valence-electron chi connectivity index (χ3n) is 4.59. The van der Waals surface area contributed by atoms with Crippen molar-refractivity contribution in [3.63, 3.8) is 0 Å². The summed E-state index contributed by atoms with van der Waals surface area (Å²) in [6, 6.07) is 6.24. The summed E-state index contributed by atoms with van der Waals surface area (Å²) in [5.74, 6) is -0.794. The fraction of sp³-hybridized carbons (Fsp3) is 0.476. The molecule has 2 rings (SSSR count). The van der Waals surface area contributed by atoms with Crippen LogP contribution in [0.1, 0.15) is 38.2 Å². The van der Waals surface area contributed by atoms with Crippen LogP contribution in [0.5, 0.6) is 0 Å². The molecule has 1 aromatic carbocycles. The highest BCUT2D eigenvalue weighted by atomic mass is 19.1. The number of carbonyl (C=O) groups excluding carboxylic acids is 3. The molecule has 0 aliphatic carbocycles. The average Bonchev–Trinajstić information content (AvgIpc) is 2.71. The third kappa shape index (κ3) is 7.93. The van der Waals surface area contributed by atoms with E-state index in [1.165, 1.54) is 18.2 Å². The molecule has 8 heteroatoms. The van der Waals surface area contributed by atoms with Crippen LogP contribution in [0.15, 0.2) is 30.3 Å². The number of ether oxygens (including phenoxy) is 1. The standard InChI is InChI=1S/C21H28FN3O4/c1-2-29-21(28)25-14-11-17(12-15-25)24-20(27)8-5-13-23-19(26)10-9-16-6-3-4-7-18(16)22/h3-4,6-7,9-10,17H,2,5,8,11-15H2,1H3,(H,23,26)(H,24,27)/b10-9+. The summed E-state index contributed by atoms with van der Waals surface area (Å²) >= 11 is 0. The van der Waals surface area contributed by atoms with Crippen molar-refractivity contribution in [1.29, 1.82) is 0 Å². The van der Waals surface area contributed by atoms with E-state index in [0.29, 0.717) is 57.5 Å². The second kappa shape index (κ2) is 11.8. The fourth-order valence-corrected chi connectivity index (χ4v) is 3.02. The van der Waals surface area contributed by atoms with E-state index >= 15 is 0 Å². The summed E-state index contributed by atoms with van der Waals surface area (Å²) in [6.45, 7) is 3.61. The summed E-state index contributed by atoms with van der Waals surface area (Å²) in [6.07, 6.45) is 4.58. The van der Waals surface area contributed by atoms with Crippen molar-refractivity contribution in [2.75, 3.05) is 26.2 Å². The molecule has 1 aromatic rings. The van der Waals surface area contributed by atoms with E-state index in [-0.39, 0.29) is 29.8 Å². The largest absolute Gasteiger partial charge is 0.450 e.